The summed E-state index contributed by atoms with van der Waals surface area (Å²) < 4.78 is 13.4. The van der Waals surface area contributed by atoms with E-state index in [2.05, 4.69) is 12.5 Å². The van der Waals surface area contributed by atoms with E-state index in [4.69, 9.17) is 0 Å². The third-order valence-corrected chi connectivity index (χ3v) is 3.00. The van der Waals surface area contributed by atoms with E-state index < -0.39 is 5.82 Å². The molecular weight excluding hydrogens is 221 g/mol. The number of quaternary nitrogens is 1. The van der Waals surface area contributed by atoms with Gasteiger partial charge >= 0.3 is 0 Å². The normalized spacial score (nSPS) is 18.0. The smallest absolute Gasteiger partial charge is 0.268 e. The van der Waals surface area contributed by atoms with Crippen molar-refractivity contribution in [3.63, 3.8) is 0 Å². The van der Waals surface area contributed by atoms with Gasteiger partial charge in [0.15, 0.2) is 0 Å². The number of hydrogen-bond donors (Lipinski definition) is 2. The number of nitrogens with zero attached hydrogens (tertiary/aromatic N) is 1. The molecule has 0 atom stereocenters. The molecule has 17 heavy (non-hydrogen) atoms. The average Bonchev–Trinajstić information content (AvgIpc) is 2.32. The lowest BCUT2D eigenvalue weighted by Gasteiger charge is -2.30. The third-order valence-electron chi connectivity index (χ3n) is 3.00. The minimum absolute atomic E-state index is 0.0961. The molecule has 1 fully saturated rings. The van der Waals surface area contributed by atoms with Crippen LogP contribution in [0.5, 0.6) is 0 Å². The Morgan fingerprint density at radius 1 is 1.35 bits per heavy atom. The van der Waals surface area contributed by atoms with Crippen LogP contribution in [0.3, 0.4) is 0 Å². The van der Waals surface area contributed by atoms with Gasteiger partial charge in [-0.25, -0.2) is 9.40 Å². The summed E-state index contributed by atoms with van der Waals surface area (Å²) in [6.45, 7) is 3.56. The zero-order valence-corrected chi connectivity index (χ0v) is 9.87. The molecule has 4 nitrogen and oxygen atoms in total. The highest BCUT2D eigenvalue weighted by Crippen LogP contribution is 2.06. The van der Waals surface area contributed by atoms with E-state index in [0.29, 0.717) is 0 Å². The van der Waals surface area contributed by atoms with E-state index >= 15 is 0 Å². The van der Waals surface area contributed by atoms with E-state index in [1.165, 1.54) is 17.0 Å². The zero-order valence-electron chi connectivity index (χ0n) is 9.87. The fraction of sp³-hybridized carbons (Fsp3) is 0.417. The summed E-state index contributed by atoms with van der Waals surface area (Å²) in [7, 11) is 2.12. The summed E-state index contributed by atoms with van der Waals surface area (Å²) in [5.41, 5.74) is 2.83. The zero-order chi connectivity index (χ0) is 12.3. The number of carbonyl (C=O) groups is 1. The molecule has 0 spiro atoms. The Bertz CT molecular complexity index is 402. The molecule has 92 valence electrons. The molecule has 0 saturated carbocycles. The lowest BCUT2D eigenvalue weighted by Crippen LogP contribution is -3.12. The molecule has 0 unspecified atom stereocenters. The summed E-state index contributed by atoms with van der Waals surface area (Å²) in [6, 6.07) is 6.02. The van der Waals surface area contributed by atoms with E-state index in [1.807, 2.05) is 5.01 Å². The minimum Gasteiger partial charge on any atom is -0.335 e. The van der Waals surface area contributed by atoms with E-state index in [9.17, 15) is 9.18 Å². The second-order valence-corrected chi connectivity index (χ2v) is 4.36. The first kappa shape index (κ1) is 12.0. The number of nitrogens with one attached hydrogen (secondary N) is 2. The van der Waals surface area contributed by atoms with Gasteiger partial charge in [-0.05, 0) is 12.1 Å². The first-order valence-corrected chi connectivity index (χ1v) is 5.78. The predicted octanol–water partition coefficient (Wildman–Crippen LogP) is -0.699. The molecule has 2 N–H and O–H groups in total. The van der Waals surface area contributed by atoms with Crippen LogP contribution in [0.4, 0.5) is 4.39 Å². The highest BCUT2D eigenvalue weighted by atomic mass is 19.1. The minimum atomic E-state index is -0.482. The molecule has 0 bridgehead atoms. The van der Waals surface area contributed by atoms with Crippen molar-refractivity contribution >= 4 is 5.91 Å². The molecule has 0 aliphatic carbocycles. The summed E-state index contributed by atoms with van der Waals surface area (Å²) >= 11 is 0. The number of hydrazine groups is 1. The number of rotatable bonds is 2. The third kappa shape index (κ3) is 3.01. The second kappa shape index (κ2) is 5.25. The lowest BCUT2D eigenvalue weighted by atomic mass is 10.2. The maximum absolute atomic E-state index is 13.4. The van der Waals surface area contributed by atoms with Gasteiger partial charge in [0.2, 0.25) is 0 Å². The largest absolute Gasteiger partial charge is 0.335 e. The average molecular weight is 238 g/mol. The number of halogens is 1. The molecule has 1 heterocycles. The summed E-state index contributed by atoms with van der Waals surface area (Å²) in [5, 5.41) is 1.85. The van der Waals surface area contributed by atoms with Crippen LogP contribution in [0.15, 0.2) is 24.3 Å². The Kier molecular flexibility index (Phi) is 3.71. The maximum Gasteiger partial charge on any atom is 0.268 e. The quantitative estimate of drug-likeness (QED) is 0.715. The van der Waals surface area contributed by atoms with Gasteiger partial charge in [0.05, 0.1) is 38.8 Å². The highest BCUT2D eigenvalue weighted by Gasteiger charge is 2.19. The fourth-order valence-electron chi connectivity index (χ4n) is 1.85. The van der Waals surface area contributed by atoms with Gasteiger partial charge in [-0.3, -0.25) is 10.2 Å². The Labute approximate surface area is 100.0 Å². The number of amides is 1. The molecule has 1 aromatic carbocycles. The summed E-state index contributed by atoms with van der Waals surface area (Å²) in [4.78, 5) is 13.3. The highest BCUT2D eigenvalue weighted by molar-refractivity contribution is 5.94. The Morgan fingerprint density at radius 3 is 2.65 bits per heavy atom. The van der Waals surface area contributed by atoms with Crippen molar-refractivity contribution in [1.29, 1.82) is 0 Å². The molecule has 0 radical (unpaired) electrons. The van der Waals surface area contributed by atoms with Gasteiger partial charge < -0.3 is 4.90 Å². The van der Waals surface area contributed by atoms with Crippen molar-refractivity contribution < 1.29 is 14.1 Å². The first-order chi connectivity index (χ1) is 8.16. The van der Waals surface area contributed by atoms with Crippen molar-refractivity contribution in [3.05, 3.63) is 35.6 Å². The predicted molar refractivity (Wildman–Crippen MR) is 62.1 cm³/mol. The van der Waals surface area contributed by atoms with Gasteiger partial charge in [0.1, 0.15) is 5.82 Å². The second-order valence-electron chi connectivity index (χ2n) is 4.36. The standard InChI is InChI=1S/C12H16FN3O/c1-15-6-8-16(9-7-15)14-12(17)10-4-2-3-5-11(10)13/h2-5H,6-9H2,1H3,(H,14,17)/p+1. The van der Waals surface area contributed by atoms with Crippen LogP contribution in [0.25, 0.3) is 0 Å². The molecule has 5 heteroatoms. The van der Waals surface area contributed by atoms with Crippen molar-refractivity contribution in [2.45, 2.75) is 0 Å². The molecule has 1 aliphatic heterocycles. The van der Waals surface area contributed by atoms with Gasteiger partial charge in [-0.15, -0.1) is 0 Å². The van der Waals surface area contributed by atoms with Crippen molar-refractivity contribution in [1.82, 2.24) is 10.4 Å². The van der Waals surface area contributed by atoms with Crippen LogP contribution >= 0.6 is 0 Å². The topological polar surface area (TPSA) is 36.8 Å². The fourth-order valence-corrected chi connectivity index (χ4v) is 1.85. The number of piperazine rings is 1. The molecule has 1 aliphatic rings. The van der Waals surface area contributed by atoms with Gasteiger partial charge in [0.25, 0.3) is 5.91 Å². The molecule has 1 aromatic rings. The van der Waals surface area contributed by atoms with Crippen LogP contribution in [0, 0.1) is 5.82 Å². The SMILES string of the molecule is C[NH+]1CCN(NC(=O)c2ccccc2F)CC1. The van der Waals surface area contributed by atoms with Crippen LogP contribution in [-0.4, -0.2) is 44.1 Å². The maximum atomic E-state index is 13.4. The van der Waals surface area contributed by atoms with Crippen molar-refractivity contribution in [3.8, 4) is 0 Å². The van der Waals surface area contributed by atoms with Crippen LogP contribution in [0.1, 0.15) is 10.4 Å². The lowest BCUT2D eigenvalue weighted by molar-refractivity contribution is -0.884. The van der Waals surface area contributed by atoms with Crippen LogP contribution in [-0.2, 0) is 0 Å². The van der Waals surface area contributed by atoms with Gasteiger partial charge in [0, 0.05) is 0 Å². The monoisotopic (exact) mass is 238 g/mol. The number of hydrogen-bond acceptors (Lipinski definition) is 2. The van der Waals surface area contributed by atoms with Crippen LogP contribution in [0.2, 0.25) is 0 Å². The molecule has 0 aromatic heterocycles. The van der Waals surface area contributed by atoms with E-state index in [1.54, 1.807) is 12.1 Å². The Morgan fingerprint density at radius 2 is 2.00 bits per heavy atom. The molecular formula is C12H17FN3O+. The van der Waals surface area contributed by atoms with Crippen molar-refractivity contribution in [2.24, 2.45) is 0 Å². The molecule has 2 rings (SSSR count). The Balaban J connectivity index is 1.96. The molecule has 1 saturated heterocycles. The Hall–Kier alpha value is -1.46. The van der Waals surface area contributed by atoms with Gasteiger partial charge in [-0.2, -0.15) is 0 Å². The van der Waals surface area contributed by atoms with Crippen molar-refractivity contribution in [2.75, 3.05) is 33.2 Å². The number of carbonyl (C=O) groups excluding carboxylic acids is 1. The van der Waals surface area contributed by atoms with Gasteiger partial charge in [-0.1, -0.05) is 12.1 Å². The summed E-state index contributed by atoms with van der Waals surface area (Å²) in [6.07, 6.45) is 0. The summed E-state index contributed by atoms with van der Waals surface area (Å²) in [5.74, 6) is -0.854. The molecule has 1 amide bonds. The van der Waals surface area contributed by atoms with Crippen LogP contribution < -0.4 is 10.3 Å². The number of likely N-dealkylation sites (N-methyl/N-ethyl adjacent to an activating group) is 1. The first-order valence-electron chi connectivity index (χ1n) is 5.78. The number of benzene rings is 1. The van der Waals surface area contributed by atoms with E-state index in [-0.39, 0.29) is 11.5 Å². The van der Waals surface area contributed by atoms with E-state index in [0.717, 1.165) is 26.2 Å².